The van der Waals surface area contributed by atoms with Gasteiger partial charge in [0.2, 0.25) is 0 Å². The van der Waals surface area contributed by atoms with Gasteiger partial charge in [0, 0.05) is 10.9 Å². The molecule has 13 heavy (non-hydrogen) atoms. The van der Waals surface area contributed by atoms with Crippen LogP contribution in [0.5, 0.6) is 0 Å². The van der Waals surface area contributed by atoms with Crippen LogP contribution >= 0.6 is 15.9 Å². The topological polar surface area (TPSA) is 17.1 Å². The van der Waals surface area contributed by atoms with Gasteiger partial charge in [-0.3, -0.25) is 4.79 Å². The van der Waals surface area contributed by atoms with Crippen LogP contribution in [0.3, 0.4) is 0 Å². The third kappa shape index (κ3) is 3.31. The van der Waals surface area contributed by atoms with Crippen molar-refractivity contribution in [1.29, 1.82) is 0 Å². The fourth-order valence-corrected chi connectivity index (χ4v) is 1.66. The van der Waals surface area contributed by atoms with Crippen LogP contribution in [0.4, 0.5) is 0 Å². The zero-order valence-corrected chi connectivity index (χ0v) is 9.30. The zero-order chi connectivity index (χ0) is 9.68. The summed E-state index contributed by atoms with van der Waals surface area (Å²) in [5, 5.41) is 1.01. The quantitative estimate of drug-likeness (QED) is 0.584. The predicted octanol–water partition coefficient (Wildman–Crippen LogP) is 3.14. The molecule has 0 atom stereocenters. The minimum absolute atomic E-state index is 0.782. The lowest BCUT2D eigenvalue weighted by Gasteiger charge is -2.02. The van der Waals surface area contributed by atoms with Gasteiger partial charge in [-0.25, -0.2) is 0 Å². The summed E-state index contributed by atoms with van der Waals surface area (Å²) in [5.74, 6) is 0. The van der Waals surface area contributed by atoms with Gasteiger partial charge < -0.3 is 0 Å². The molecule has 0 aliphatic heterocycles. The van der Waals surface area contributed by atoms with Crippen LogP contribution in [-0.4, -0.2) is 11.6 Å². The molecule has 0 radical (unpaired) electrons. The van der Waals surface area contributed by atoms with Crippen LogP contribution in [0.15, 0.2) is 18.2 Å². The summed E-state index contributed by atoms with van der Waals surface area (Å²) in [6.07, 6.45) is 3.06. The van der Waals surface area contributed by atoms with E-state index < -0.39 is 0 Å². The first-order valence-corrected chi connectivity index (χ1v) is 5.50. The average Bonchev–Trinajstić information content (AvgIpc) is 2.14. The summed E-state index contributed by atoms with van der Waals surface area (Å²) in [7, 11) is 0. The first-order valence-electron chi connectivity index (χ1n) is 4.38. The van der Waals surface area contributed by atoms with Crippen molar-refractivity contribution in [2.24, 2.45) is 0 Å². The molecule has 2 heteroatoms. The second-order valence-electron chi connectivity index (χ2n) is 3.16. The Kier molecular flexibility index (Phi) is 4.16. The number of hydrogen-bond donors (Lipinski definition) is 0. The van der Waals surface area contributed by atoms with Crippen molar-refractivity contribution < 1.29 is 4.79 Å². The van der Waals surface area contributed by atoms with Crippen molar-refractivity contribution in [3.8, 4) is 0 Å². The van der Waals surface area contributed by atoms with Gasteiger partial charge in [0.15, 0.2) is 0 Å². The highest BCUT2D eigenvalue weighted by molar-refractivity contribution is 9.09. The molecule has 1 aromatic carbocycles. The summed E-state index contributed by atoms with van der Waals surface area (Å²) < 4.78 is 0. The number of carbonyl (C=O) groups is 1. The Hall–Kier alpha value is -0.630. The molecule has 70 valence electrons. The van der Waals surface area contributed by atoms with Gasteiger partial charge in [-0.05, 0) is 37.5 Å². The van der Waals surface area contributed by atoms with Crippen LogP contribution in [0.1, 0.15) is 27.9 Å². The molecule has 0 amide bonds. The Morgan fingerprint density at radius 1 is 1.38 bits per heavy atom. The van der Waals surface area contributed by atoms with E-state index in [1.54, 1.807) is 0 Å². The Balaban J connectivity index is 2.81. The normalized spacial score (nSPS) is 10.0. The maximum absolute atomic E-state index is 10.6. The van der Waals surface area contributed by atoms with Crippen molar-refractivity contribution in [1.82, 2.24) is 0 Å². The summed E-state index contributed by atoms with van der Waals surface area (Å²) in [5.41, 5.74) is 3.19. The molecule has 0 N–H and O–H groups in total. The van der Waals surface area contributed by atoms with E-state index in [0.717, 1.165) is 35.6 Å². The number of hydrogen-bond acceptors (Lipinski definition) is 1. The Bertz CT molecular complexity index is 294. The molecule has 0 aliphatic rings. The zero-order valence-electron chi connectivity index (χ0n) is 7.72. The molecule has 1 nitrogen and oxygen atoms in total. The van der Waals surface area contributed by atoms with E-state index in [-0.39, 0.29) is 0 Å². The number of halogens is 1. The highest BCUT2D eigenvalue weighted by Gasteiger charge is 1.97. The Labute approximate surface area is 87.3 Å². The Morgan fingerprint density at radius 3 is 2.77 bits per heavy atom. The molecular formula is C11H13BrO. The van der Waals surface area contributed by atoms with Gasteiger partial charge in [-0.2, -0.15) is 0 Å². The number of alkyl halides is 1. The smallest absolute Gasteiger partial charge is 0.150 e. The highest BCUT2D eigenvalue weighted by Crippen LogP contribution is 2.10. The van der Waals surface area contributed by atoms with Crippen LogP contribution in [0, 0.1) is 6.92 Å². The average molecular weight is 241 g/mol. The SMILES string of the molecule is Cc1cc(C=O)cc(CCCBr)c1. The molecule has 0 saturated heterocycles. The van der Waals surface area contributed by atoms with Crippen LogP contribution in [0.25, 0.3) is 0 Å². The van der Waals surface area contributed by atoms with E-state index in [2.05, 4.69) is 22.0 Å². The molecule has 1 aromatic rings. The molecule has 0 aromatic heterocycles. The predicted molar refractivity (Wildman–Crippen MR) is 58.7 cm³/mol. The molecule has 0 fully saturated rings. The number of aldehydes is 1. The Morgan fingerprint density at radius 2 is 2.15 bits per heavy atom. The standard InChI is InChI=1S/C11H13BrO/c1-9-5-10(3-2-4-12)7-11(6-9)8-13/h5-8H,2-4H2,1H3. The molecule has 0 bridgehead atoms. The monoisotopic (exact) mass is 240 g/mol. The van der Waals surface area contributed by atoms with E-state index in [1.807, 2.05) is 19.1 Å². The third-order valence-electron chi connectivity index (χ3n) is 1.89. The summed E-state index contributed by atoms with van der Waals surface area (Å²) in [6.45, 7) is 2.02. The molecule has 0 unspecified atom stereocenters. The molecule has 0 spiro atoms. The lowest BCUT2D eigenvalue weighted by Crippen LogP contribution is -1.90. The minimum Gasteiger partial charge on any atom is -0.298 e. The molecule has 0 saturated carbocycles. The van der Waals surface area contributed by atoms with E-state index in [1.165, 1.54) is 5.56 Å². The van der Waals surface area contributed by atoms with Crippen LogP contribution in [-0.2, 0) is 6.42 Å². The van der Waals surface area contributed by atoms with E-state index >= 15 is 0 Å². The number of aryl methyl sites for hydroxylation is 2. The van der Waals surface area contributed by atoms with Crippen molar-refractivity contribution in [3.05, 3.63) is 34.9 Å². The minimum atomic E-state index is 0.782. The van der Waals surface area contributed by atoms with Crippen molar-refractivity contribution >= 4 is 22.2 Å². The first kappa shape index (κ1) is 10.5. The van der Waals surface area contributed by atoms with Crippen LogP contribution < -0.4 is 0 Å². The van der Waals surface area contributed by atoms with E-state index in [4.69, 9.17) is 0 Å². The summed E-state index contributed by atoms with van der Waals surface area (Å²) in [6, 6.07) is 6.00. The van der Waals surface area contributed by atoms with Gasteiger partial charge in [0.1, 0.15) is 6.29 Å². The molecule has 1 rings (SSSR count). The second-order valence-corrected chi connectivity index (χ2v) is 3.96. The maximum atomic E-state index is 10.6. The van der Waals surface area contributed by atoms with Crippen LogP contribution in [0.2, 0.25) is 0 Å². The lowest BCUT2D eigenvalue weighted by molar-refractivity contribution is 0.112. The lowest BCUT2D eigenvalue weighted by atomic mass is 10.0. The largest absolute Gasteiger partial charge is 0.298 e. The van der Waals surface area contributed by atoms with Crippen molar-refractivity contribution in [2.75, 3.05) is 5.33 Å². The summed E-state index contributed by atoms with van der Waals surface area (Å²) in [4.78, 5) is 10.6. The number of benzene rings is 1. The molecular weight excluding hydrogens is 228 g/mol. The van der Waals surface area contributed by atoms with Gasteiger partial charge in [0.05, 0.1) is 0 Å². The van der Waals surface area contributed by atoms with E-state index in [0.29, 0.717) is 0 Å². The first-order chi connectivity index (χ1) is 6.26. The maximum Gasteiger partial charge on any atom is 0.150 e. The van der Waals surface area contributed by atoms with E-state index in [9.17, 15) is 4.79 Å². The highest BCUT2D eigenvalue weighted by atomic mass is 79.9. The second kappa shape index (κ2) is 5.18. The van der Waals surface area contributed by atoms with Gasteiger partial charge in [-0.1, -0.05) is 27.6 Å². The number of rotatable bonds is 4. The molecule has 0 heterocycles. The van der Waals surface area contributed by atoms with Gasteiger partial charge in [-0.15, -0.1) is 0 Å². The summed E-state index contributed by atoms with van der Waals surface area (Å²) >= 11 is 3.39. The third-order valence-corrected chi connectivity index (χ3v) is 2.46. The van der Waals surface area contributed by atoms with Crippen molar-refractivity contribution in [3.63, 3.8) is 0 Å². The molecule has 0 aliphatic carbocycles. The van der Waals surface area contributed by atoms with Crippen molar-refractivity contribution in [2.45, 2.75) is 19.8 Å². The number of carbonyl (C=O) groups excluding carboxylic acids is 1. The van der Waals surface area contributed by atoms with Gasteiger partial charge >= 0.3 is 0 Å². The fourth-order valence-electron chi connectivity index (χ4n) is 1.38. The fraction of sp³-hybridized carbons (Fsp3) is 0.364. The van der Waals surface area contributed by atoms with Gasteiger partial charge in [0.25, 0.3) is 0 Å².